The molecule has 2 aliphatic rings. The van der Waals surface area contributed by atoms with E-state index in [1.54, 1.807) is 4.31 Å². The predicted molar refractivity (Wildman–Crippen MR) is 83.0 cm³/mol. The number of piperidine rings is 1. The van der Waals surface area contributed by atoms with E-state index in [2.05, 4.69) is 22.0 Å². The molecule has 1 N–H and O–H groups in total. The first-order chi connectivity index (χ1) is 9.95. The Labute approximate surface area is 126 Å². The van der Waals surface area contributed by atoms with Crippen LogP contribution in [0.25, 0.3) is 0 Å². The van der Waals surface area contributed by atoms with Crippen LogP contribution in [0.4, 0.5) is 5.82 Å². The summed E-state index contributed by atoms with van der Waals surface area (Å²) < 4.78 is 25.1. The first kappa shape index (κ1) is 14.8. The SMILES string of the molecule is Cc1[nH]nc2c1CCCN2CC1CCCN(S(C)(=O)=O)C1. The summed E-state index contributed by atoms with van der Waals surface area (Å²) in [5.41, 5.74) is 2.49. The zero-order chi connectivity index (χ0) is 15.0. The van der Waals surface area contributed by atoms with Crippen LogP contribution in [0.1, 0.15) is 30.5 Å². The van der Waals surface area contributed by atoms with Crippen LogP contribution >= 0.6 is 0 Å². The summed E-state index contributed by atoms with van der Waals surface area (Å²) in [5, 5.41) is 7.52. The van der Waals surface area contributed by atoms with Crippen molar-refractivity contribution in [2.75, 3.05) is 37.3 Å². The Kier molecular flexibility index (Phi) is 3.96. The molecule has 1 aromatic heterocycles. The molecule has 0 aliphatic carbocycles. The average Bonchev–Trinajstić information content (AvgIpc) is 2.81. The molecule has 0 aromatic carbocycles. The quantitative estimate of drug-likeness (QED) is 0.909. The van der Waals surface area contributed by atoms with E-state index in [1.165, 1.54) is 11.8 Å². The fourth-order valence-corrected chi connectivity index (χ4v) is 4.46. The highest BCUT2D eigenvalue weighted by Crippen LogP contribution is 2.29. The van der Waals surface area contributed by atoms with Gasteiger partial charge in [-0.3, -0.25) is 5.10 Å². The zero-order valence-electron chi connectivity index (χ0n) is 12.8. The minimum absolute atomic E-state index is 0.399. The molecule has 21 heavy (non-hydrogen) atoms. The number of aromatic amines is 1. The monoisotopic (exact) mass is 312 g/mol. The van der Waals surface area contributed by atoms with Crippen LogP contribution in [0.3, 0.4) is 0 Å². The molecule has 0 saturated carbocycles. The van der Waals surface area contributed by atoms with Crippen molar-refractivity contribution in [2.24, 2.45) is 5.92 Å². The summed E-state index contributed by atoms with van der Waals surface area (Å²) in [6, 6.07) is 0. The molecule has 1 saturated heterocycles. The molecule has 0 amide bonds. The van der Waals surface area contributed by atoms with E-state index < -0.39 is 10.0 Å². The van der Waals surface area contributed by atoms with Crippen LogP contribution in [0.2, 0.25) is 0 Å². The van der Waals surface area contributed by atoms with Gasteiger partial charge in [-0.05, 0) is 38.5 Å². The maximum absolute atomic E-state index is 11.7. The highest BCUT2D eigenvalue weighted by Gasteiger charge is 2.29. The summed E-state index contributed by atoms with van der Waals surface area (Å²) in [5.74, 6) is 1.48. The van der Waals surface area contributed by atoms with E-state index in [0.29, 0.717) is 19.0 Å². The van der Waals surface area contributed by atoms with E-state index >= 15 is 0 Å². The van der Waals surface area contributed by atoms with E-state index in [0.717, 1.165) is 50.3 Å². The molecular weight excluding hydrogens is 288 g/mol. The summed E-state index contributed by atoms with van der Waals surface area (Å²) in [6.45, 7) is 5.31. The fourth-order valence-electron chi connectivity index (χ4n) is 3.52. The highest BCUT2D eigenvalue weighted by molar-refractivity contribution is 7.88. The Morgan fingerprint density at radius 2 is 2.14 bits per heavy atom. The van der Waals surface area contributed by atoms with Gasteiger partial charge in [0.05, 0.1) is 6.26 Å². The maximum atomic E-state index is 11.7. The predicted octanol–water partition coefficient (Wildman–Crippen LogP) is 1.14. The van der Waals surface area contributed by atoms with Gasteiger partial charge in [-0.2, -0.15) is 5.10 Å². The van der Waals surface area contributed by atoms with Crippen molar-refractivity contribution in [3.63, 3.8) is 0 Å². The lowest BCUT2D eigenvalue weighted by Crippen LogP contribution is -2.44. The second-order valence-corrected chi connectivity index (χ2v) is 8.31. The van der Waals surface area contributed by atoms with Crippen LogP contribution in [-0.4, -0.2) is 55.4 Å². The highest BCUT2D eigenvalue weighted by atomic mass is 32.2. The zero-order valence-corrected chi connectivity index (χ0v) is 13.6. The summed E-state index contributed by atoms with van der Waals surface area (Å²) in [6.07, 6.45) is 5.61. The molecule has 6 nitrogen and oxygen atoms in total. The first-order valence-corrected chi connectivity index (χ1v) is 9.54. The van der Waals surface area contributed by atoms with Gasteiger partial charge in [0, 0.05) is 37.4 Å². The van der Waals surface area contributed by atoms with Gasteiger partial charge >= 0.3 is 0 Å². The summed E-state index contributed by atoms with van der Waals surface area (Å²) in [7, 11) is -3.06. The third kappa shape index (κ3) is 3.08. The summed E-state index contributed by atoms with van der Waals surface area (Å²) >= 11 is 0. The summed E-state index contributed by atoms with van der Waals surface area (Å²) in [4.78, 5) is 2.33. The van der Waals surface area contributed by atoms with Crippen LogP contribution in [-0.2, 0) is 16.4 Å². The number of aryl methyl sites for hydroxylation is 1. The Bertz CT molecular complexity index is 610. The van der Waals surface area contributed by atoms with Gasteiger partial charge in [0.15, 0.2) is 5.82 Å². The van der Waals surface area contributed by atoms with Crippen molar-refractivity contribution in [3.8, 4) is 0 Å². The van der Waals surface area contributed by atoms with Gasteiger partial charge in [-0.25, -0.2) is 12.7 Å². The number of fused-ring (bicyclic) bond motifs is 1. The molecule has 3 rings (SSSR count). The molecule has 118 valence electrons. The minimum Gasteiger partial charge on any atom is -0.355 e. The van der Waals surface area contributed by atoms with Gasteiger partial charge in [0.2, 0.25) is 10.0 Å². The molecule has 1 fully saturated rings. The van der Waals surface area contributed by atoms with Crippen LogP contribution < -0.4 is 4.90 Å². The van der Waals surface area contributed by atoms with E-state index in [9.17, 15) is 8.42 Å². The molecule has 1 aromatic rings. The van der Waals surface area contributed by atoms with Crippen molar-refractivity contribution >= 4 is 15.8 Å². The molecule has 3 heterocycles. The topological polar surface area (TPSA) is 69.3 Å². The lowest BCUT2D eigenvalue weighted by Gasteiger charge is -2.36. The van der Waals surface area contributed by atoms with Crippen molar-refractivity contribution in [1.82, 2.24) is 14.5 Å². The Balaban J connectivity index is 1.70. The molecule has 0 spiro atoms. The molecule has 7 heteroatoms. The fraction of sp³-hybridized carbons (Fsp3) is 0.786. The van der Waals surface area contributed by atoms with Crippen molar-refractivity contribution in [3.05, 3.63) is 11.3 Å². The van der Waals surface area contributed by atoms with Crippen LogP contribution in [0.5, 0.6) is 0 Å². The Hall–Kier alpha value is -1.08. The van der Waals surface area contributed by atoms with Gasteiger partial charge in [-0.15, -0.1) is 0 Å². The van der Waals surface area contributed by atoms with E-state index in [1.807, 2.05) is 0 Å². The Morgan fingerprint density at radius 1 is 1.33 bits per heavy atom. The second kappa shape index (κ2) is 5.61. The van der Waals surface area contributed by atoms with Gasteiger partial charge in [0.1, 0.15) is 0 Å². The molecule has 0 radical (unpaired) electrons. The van der Waals surface area contributed by atoms with Gasteiger partial charge in [0.25, 0.3) is 0 Å². The standard InChI is InChI=1S/C14H24N4O2S/c1-11-13-6-4-7-17(14(13)16-15-11)9-12-5-3-8-18(10-12)21(2,19)20/h12H,3-10H2,1-2H3,(H,15,16). The smallest absolute Gasteiger partial charge is 0.211 e. The number of H-pyrrole nitrogens is 1. The van der Waals surface area contributed by atoms with Gasteiger partial charge in [-0.1, -0.05) is 0 Å². The maximum Gasteiger partial charge on any atom is 0.211 e. The van der Waals surface area contributed by atoms with Crippen molar-refractivity contribution in [1.29, 1.82) is 0 Å². The molecule has 2 aliphatic heterocycles. The lowest BCUT2D eigenvalue weighted by atomic mass is 9.97. The average molecular weight is 312 g/mol. The number of nitrogens with zero attached hydrogens (tertiary/aromatic N) is 3. The van der Waals surface area contributed by atoms with Crippen molar-refractivity contribution < 1.29 is 8.42 Å². The lowest BCUT2D eigenvalue weighted by molar-refractivity contribution is 0.268. The van der Waals surface area contributed by atoms with Crippen molar-refractivity contribution in [2.45, 2.75) is 32.6 Å². The van der Waals surface area contributed by atoms with Crippen LogP contribution in [0, 0.1) is 12.8 Å². The molecular formula is C14H24N4O2S. The third-order valence-electron chi connectivity index (χ3n) is 4.64. The van der Waals surface area contributed by atoms with E-state index in [-0.39, 0.29) is 0 Å². The van der Waals surface area contributed by atoms with Crippen LogP contribution in [0.15, 0.2) is 0 Å². The molecule has 1 atom stereocenters. The number of aromatic nitrogens is 2. The first-order valence-electron chi connectivity index (χ1n) is 7.69. The number of sulfonamides is 1. The second-order valence-electron chi connectivity index (χ2n) is 6.33. The third-order valence-corrected chi connectivity index (χ3v) is 5.91. The number of anilines is 1. The van der Waals surface area contributed by atoms with Gasteiger partial charge < -0.3 is 4.90 Å². The largest absolute Gasteiger partial charge is 0.355 e. The van der Waals surface area contributed by atoms with E-state index in [4.69, 9.17) is 0 Å². The Morgan fingerprint density at radius 3 is 2.90 bits per heavy atom. The number of rotatable bonds is 3. The minimum atomic E-state index is -3.06. The molecule has 1 unspecified atom stereocenters. The number of hydrogen-bond donors (Lipinski definition) is 1. The number of nitrogens with one attached hydrogen (secondary N) is 1. The normalized spacial score (nSPS) is 24.1. The number of hydrogen-bond acceptors (Lipinski definition) is 4. The molecule has 0 bridgehead atoms.